The molecule has 0 spiro atoms. The Labute approximate surface area is 217 Å². The number of nitrogens with zero attached hydrogens (tertiary/aromatic N) is 1. The number of amides is 1. The van der Waals surface area contributed by atoms with Crippen LogP contribution in [-0.4, -0.2) is 35.3 Å². The number of hydrogen-bond acceptors (Lipinski definition) is 7. The van der Waals surface area contributed by atoms with Gasteiger partial charge in [-0.25, -0.2) is 4.98 Å². The zero-order valence-corrected chi connectivity index (χ0v) is 22.0. The molecule has 1 atom stereocenters. The molecule has 2 N–H and O–H groups in total. The van der Waals surface area contributed by atoms with E-state index >= 15 is 0 Å². The van der Waals surface area contributed by atoms with Crippen LogP contribution in [0.5, 0.6) is 11.5 Å². The number of thiophene rings is 1. The molecule has 2 aromatic heterocycles. The fraction of sp³-hybridized carbons (Fsp3) is 0.296. The zero-order chi connectivity index (χ0) is 25.2. The fourth-order valence-electron chi connectivity index (χ4n) is 4.48. The molecule has 2 aromatic carbocycles. The highest BCUT2D eigenvalue weighted by Gasteiger charge is 2.20. The van der Waals surface area contributed by atoms with Gasteiger partial charge in [-0.05, 0) is 61.4 Å². The molecule has 2 heterocycles. The van der Waals surface area contributed by atoms with E-state index in [4.69, 9.17) is 9.47 Å². The van der Waals surface area contributed by atoms with Crippen molar-refractivity contribution in [2.75, 3.05) is 19.5 Å². The van der Waals surface area contributed by atoms with Crippen LogP contribution in [0.25, 0.3) is 21.3 Å². The number of ether oxygens (including phenoxy) is 2. The summed E-state index contributed by atoms with van der Waals surface area (Å²) in [5.41, 5.74) is 5.16. The molecule has 4 aromatic rings. The van der Waals surface area contributed by atoms with Crippen LogP contribution >= 0.6 is 23.1 Å². The maximum atomic E-state index is 13.1. The van der Waals surface area contributed by atoms with Crippen LogP contribution in [0.4, 0.5) is 5.69 Å². The van der Waals surface area contributed by atoms with Gasteiger partial charge >= 0.3 is 0 Å². The van der Waals surface area contributed by atoms with Crippen LogP contribution in [-0.2, 0) is 17.6 Å². The maximum absolute atomic E-state index is 13.1. The monoisotopic (exact) mass is 521 g/mol. The van der Waals surface area contributed by atoms with E-state index in [-0.39, 0.29) is 11.5 Å². The van der Waals surface area contributed by atoms with Gasteiger partial charge in [0.1, 0.15) is 4.83 Å². The first-order chi connectivity index (χ1) is 17.5. The highest BCUT2D eigenvalue weighted by molar-refractivity contribution is 8.00. The minimum Gasteiger partial charge on any atom is -0.493 e. The first kappa shape index (κ1) is 24.4. The molecule has 1 unspecified atom stereocenters. The summed E-state index contributed by atoms with van der Waals surface area (Å²) in [4.78, 5) is 34.1. The number of rotatable bonds is 7. The summed E-state index contributed by atoms with van der Waals surface area (Å²) in [5, 5.41) is 5.41. The smallest absolute Gasteiger partial charge is 0.260 e. The molecule has 36 heavy (non-hydrogen) atoms. The fourth-order valence-corrected chi connectivity index (χ4v) is 6.28. The third kappa shape index (κ3) is 4.85. The van der Waals surface area contributed by atoms with E-state index in [1.165, 1.54) is 47.1 Å². The topological polar surface area (TPSA) is 93.3 Å². The van der Waals surface area contributed by atoms with E-state index in [0.29, 0.717) is 32.6 Å². The molecule has 0 aliphatic heterocycles. The molecule has 1 amide bonds. The summed E-state index contributed by atoms with van der Waals surface area (Å²) >= 11 is 2.66. The SMILES string of the molecule is COc1ccc(NC(=O)C(C)Sc2nc3scc(-c4ccc5c(c4)CCCC5)c3c(=O)[nH]2)cc1OC. The van der Waals surface area contributed by atoms with Gasteiger partial charge in [-0.3, -0.25) is 9.59 Å². The van der Waals surface area contributed by atoms with Crippen molar-refractivity contribution in [1.82, 2.24) is 9.97 Å². The average Bonchev–Trinajstić information content (AvgIpc) is 3.32. The van der Waals surface area contributed by atoms with Gasteiger partial charge in [0.25, 0.3) is 5.56 Å². The summed E-state index contributed by atoms with van der Waals surface area (Å²) in [5.74, 6) is 0.897. The van der Waals surface area contributed by atoms with Crippen molar-refractivity contribution in [3.8, 4) is 22.6 Å². The minimum absolute atomic E-state index is 0.191. The van der Waals surface area contributed by atoms with Crippen LogP contribution in [0, 0.1) is 0 Å². The first-order valence-corrected chi connectivity index (χ1v) is 13.6. The number of H-pyrrole nitrogens is 1. The number of hydrogen-bond donors (Lipinski definition) is 2. The molecule has 9 heteroatoms. The third-order valence-electron chi connectivity index (χ3n) is 6.39. The Morgan fingerprint density at radius 2 is 1.86 bits per heavy atom. The first-order valence-electron chi connectivity index (χ1n) is 11.8. The molecular weight excluding hydrogens is 494 g/mol. The lowest BCUT2D eigenvalue weighted by molar-refractivity contribution is -0.115. The molecular formula is C27H27N3O4S2. The molecule has 1 aliphatic rings. The average molecular weight is 522 g/mol. The normalized spacial score (nSPS) is 13.8. The summed E-state index contributed by atoms with van der Waals surface area (Å²) in [7, 11) is 3.10. The molecule has 186 valence electrons. The second-order valence-electron chi connectivity index (χ2n) is 8.71. The summed E-state index contributed by atoms with van der Waals surface area (Å²) in [6, 6.07) is 11.7. The van der Waals surface area contributed by atoms with Crippen LogP contribution in [0.1, 0.15) is 30.9 Å². The van der Waals surface area contributed by atoms with Crippen molar-refractivity contribution in [2.45, 2.75) is 43.0 Å². The van der Waals surface area contributed by atoms with Crippen LogP contribution in [0.2, 0.25) is 0 Å². The van der Waals surface area contributed by atoms with E-state index in [1.54, 1.807) is 39.3 Å². The van der Waals surface area contributed by atoms with Gasteiger partial charge < -0.3 is 19.8 Å². The Morgan fingerprint density at radius 1 is 1.08 bits per heavy atom. The van der Waals surface area contributed by atoms with Crippen molar-refractivity contribution < 1.29 is 14.3 Å². The van der Waals surface area contributed by atoms with Crippen LogP contribution in [0.3, 0.4) is 0 Å². The van der Waals surface area contributed by atoms with Crippen LogP contribution < -0.4 is 20.3 Å². The van der Waals surface area contributed by atoms with Crippen molar-refractivity contribution in [3.63, 3.8) is 0 Å². The number of aromatic nitrogens is 2. The number of methoxy groups -OCH3 is 2. The number of aromatic amines is 1. The highest BCUT2D eigenvalue weighted by atomic mass is 32.2. The molecule has 0 radical (unpaired) electrons. The Bertz CT molecular complexity index is 1490. The number of anilines is 1. The number of fused-ring (bicyclic) bond motifs is 2. The Balaban J connectivity index is 1.34. The van der Waals surface area contributed by atoms with Gasteiger partial charge in [0, 0.05) is 22.7 Å². The van der Waals surface area contributed by atoms with Gasteiger partial charge in [0.15, 0.2) is 16.7 Å². The number of thioether (sulfide) groups is 1. The summed E-state index contributed by atoms with van der Waals surface area (Å²) in [6.45, 7) is 1.78. The number of aryl methyl sites for hydroxylation is 2. The van der Waals surface area contributed by atoms with E-state index in [1.807, 2.05) is 5.38 Å². The predicted molar refractivity (Wildman–Crippen MR) is 146 cm³/mol. The van der Waals surface area contributed by atoms with E-state index < -0.39 is 5.25 Å². The van der Waals surface area contributed by atoms with Gasteiger partial charge in [-0.1, -0.05) is 30.0 Å². The zero-order valence-electron chi connectivity index (χ0n) is 20.3. The quantitative estimate of drug-likeness (QED) is 0.241. The molecule has 7 nitrogen and oxygen atoms in total. The standard InChI is InChI=1S/C27H27N3O4S2/c1-15(24(31)28-19-10-11-21(33-2)22(13-19)34-3)36-27-29-25(32)23-20(14-35-26(23)30-27)18-9-8-16-6-4-5-7-17(16)12-18/h8-15H,4-7H2,1-3H3,(H,28,31)(H,29,30,32). The second-order valence-corrected chi connectivity index (χ2v) is 10.9. The van der Waals surface area contributed by atoms with Gasteiger partial charge in [-0.15, -0.1) is 11.3 Å². The van der Waals surface area contributed by atoms with Gasteiger partial charge in [0.2, 0.25) is 5.91 Å². The van der Waals surface area contributed by atoms with Crippen molar-refractivity contribution in [1.29, 1.82) is 0 Å². The van der Waals surface area contributed by atoms with E-state index in [9.17, 15) is 9.59 Å². The predicted octanol–water partition coefficient (Wildman–Crippen LogP) is 5.67. The molecule has 0 saturated heterocycles. The van der Waals surface area contributed by atoms with Crippen molar-refractivity contribution >= 4 is 44.9 Å². The van der Waals surface area contributed by atoms with Gasteiger partial charge in [-0.2, -0.15) is 0 Å². The number of nitrogens with one attached hydrogen (secondary N) is 2. The largest absolute Gasteiger partial charge is 0.493 e. The highest BCUT2D eigenvalue weighted by Crippen LogP contribution is 2.35. The minimum atomic E-state index is -0.487. The second kappa shape index (κ2) is 10.4. The number of benzene rings is 2. The Morgan fingerprint density at radius 3 is 2.64 bits per heavy atom. The number of carbonyl (C=O) groups is 1. The third-order valence-corrected chi connectivity index (χ3v) is 8.25. The lowest BCUT2D eigenvalue weighted by Crippen LogP contribution is -2.23. The maximum Gasteiger partial charge on any atom is 0.260 e. The summed E-state index contributed by atoms with van der Waals surface area (Å²) < 4.78 is 10.5. The lowest BCUT2D eigenvalue weighted by Gasteiger charge is -2.16. The van der Waals surface area contributed by atoms with Crippen molar-refractivity contribution in [3.05, 3.63) is 63.3 Å². The van der Waals surface area contributed by atoms with E-state index in [2.05, 4.69) is 33.5 Å². The van der Waals surface area contributed by atoms with Gasteiger partial charge in [0.05, 0.1) is 24.9 Å². The Kier molecular flexibility index (Phi) is 7.02. The van der Waals surface area contributed by atoms with E-state index in [0.717, 1.165) is 24.0 Å². The molecule has 0 saturated carbocycles. The van der Waals surface area contributed by atoms with Crippen molar-refractivity contribution in [2.24, 2.45) is 0 Å². The van der Waals surface area contributed by atoms with Crippen LogP contribution in [0.15, 0.2) is 51.7 Å². The number of carbonyl (C=O) groups excluding carboxylic acids is 1. The summed E-state index contributed by atoms with van der Waals surface area (Å²) in [6.07, 6.45) is 4.66. The molecule has 1 aliphatic carbocycles. The molecule has 0 fully saturated rings. The Hall–Kier alpha value is -3.30. The molecule has 0 bridgehead atoms. The lowest BCUT2D eigenvalue weighted by atomic mass is 9.89. The molecule has 5 rings (SSSR count).